The molecule has 0 bridgehead atoms. The molecule has 0 aromatic carbocycles. The van der Waals surface area contributed by atoms with Gasteiger partial charge in [-0.25, -0.2) is 12.9 Å². The fraction of sp³-hybridized carbons (Fsp3) is 0.885. The molecule has 7 nitrogen and oxygen atoms in total. The van der Waals surface area contributed by atoms with Crippen LogP contribution in [-0.4, -0.2) is 67.8 Å². The van der Waals surface area contributed by atoms with E-state index in [-0.39, 0.29) is 6.61 Å². The first-order chi connectivity index (χ1) is 16.3. The molecule has 202 valence electrons. The maximum atomic E-state index is 9.45. The Morgan fingerprint density at radius 1 is 0.941 bits per heavy atom. The van der Waals surface area contributed by atoms with E-state index >= 15 is 0 Å². The first-order valence-corrected chi connectivity index (χ1v) is 15.0. The monoisotopic (exact) mass is 505 g/mol. The molecule has 0 fully saturated rings. The number of likely N-dealkylation sites (N-methyl/N-ethyl adjacent to an activating group) is 1. The molecule has 0 amide bonds. The second-order valence-corrected chi connectivity index (χ2v) is 10.2. The number of hydrogen-bond donors (Lipinski definition) is 2. The minimum absolute atomic E-state index is 0.0914. The third-order valence-corrected chi connectivity index (χ3v) is 7.04. The van der Waals surface area contributed by atoms with Crippen molar-refractivity contribution >= 4 is 16.2 Å². The zero-order valence-corrected chi connectivity index (χ0v) is 23.0. The van der Waals surface area contributed by atoms with E-state index in [1.165, 1.54) is 103 Å². The first kappa shape index (κ1) is 33.2. The normalized spacial score (nSPS) is 18.2. The summed E-state index contributed by atoms with van der Waals surface area (Å²) in [6.45, 7) is 10.4. The Bertz CT molecular complexity index is 637. The Morgan fingerprint density at radius 3 is 1.97 bits per heavy atom. The van der Waals surface area contributed by atoms with Crippen LogP contribution >= 0.6 is 0 Å². The van der Waals surface area contributed by atoms with Crippen LogP contribution in [0.15, 0.2) is 12.2 Å². The molecule has 0 aromatic rings. The fourth-order valence-electron chi connectivity index (χ4n) is 4.50. The molecule has 0 radical (unpaired) electrons. The first-order valence-electron chi connectivity index (χ1n) is 13.7. The summed E-state index contributed by atoms with van der Waals surface area (Å²) in [5, 5.41) is 9.38. The summed E-state index contributed by atoms with van der Waals surface area (Å²) in [6.07, 6.45) is 23.7. The van der Waals surface area contributed by atoms with Crippen molar-refractivity contribution in [1.29, 1.82) is 0 Å². The molecule has 34 heavy (non-hydrogen) atoms. The number of amidine groups is 1. The van der Waals surface area contributed by atoms with E-state index in [1.54, 1.807) is 0 Å². The smallest absolute Gasteiger partial charge is 0.336 e. The number of unbranched alkanes of at least 4 members (excludes halogenated alkanes) is 11. The lowest BCUT2D eigenvalue weighted by atomic mass is 10.1. The molecular weight excluding hydrogens is 452 g/mol. The van der Waals surface area contributed by atoms with E-state index in [1.807, 2.05) is 0 Å². The highest BCUT2D eigenvalue weighted by molar-refractivity contribution is 7.80. The average Bonchev–Trinajstić information content (AvgIpc) is 3.19. The summed E-state index contributed by atoms with van der Waals surface area (Å²) in [4.78, 5) is 3.60. The molecule has 0 aliphatic carbocycles. The maximum Gasteiger partial charge on any atom is 0.336 e. The van der Waals surface area contributed by atoms with Gasteiger partial charge in [0.05, 0.1) is 26.2 Å². The topological polar surface area (TPSA) is 101 Å². The lowest BCUT2D eigenvalue weighted by Crippen LogP contribution is -2.72. The standard InChI is InChI=1S/C24H47N2O.C2H6O4S/c1-3-5-6-7-8-9-10-11-12-13-14-15-16-17-18-19-24-25-20-21-26(24,4-2)22-23-27;1-2-6-7(3,4)5/h11-12,27H,3-10,13-23H2,1-2H3;2H2,1H3,(H,3,4,5)/q+1;/b12-11+;. The predicted molar refractivity (Wildman–Crippen MR) is 139 cm³/mol. The summed E-state index contributed by atoms with van der Waals surface area (Å²) in [7, 11) is -4.42. The van der Waals surface area contributed by atoms with E-state index in [0.717, 1.165) is 30.7 Å². The van der Waals surface area contributed by atoms with Gasteiger partial charge >= 0.3 is 5.84 Å². The molecule has 1 rings (SSSR count). The number of rotatable bonds is 20. The number of hydrogen-bond acceptors (Lipinski definition) is 5. The molecule has 1 heterocycles. The molecule has 0 saturated heterocycles. The third-order valence-electron chi connectivity index (χ3n) is 6.51. The molecule has 0 saturated carbocycles. The van der Waals surface area contributed by atoms with Gasteiger partial charge in [-0.15, -0.1) is 0 Å². The number of nitrogens with zero attached hydrogens (tertiary/aromatic N) is 1. The average molecular weight is 506 g/mol. The van der Waals surface area contributed by atoms with Crippen LogP contribution in [0, 0.1) is 0 Å². The molecule has 0 spiro atoms. The van der Waals surface area contributed by atoms with Gasteiger partial charge in [0.2, 0.25) is 10.4 Å². The zero-order chi connectivity index (χ0) is 25.5. The van der Waals surface area contributed by atoms with Crippen molar-refractivity contribution in [2.75, 3.05) is 39.4 Å². The number of allylic oxidation sites excluding steroid dienone is 2. The molecular formula is C26H53N2O5S+. The summed E-state index contributed by atoms with van der Waals surface area (Å²) in [5.41, 5.74) is 0. The largest absolute Gasteiger partial charge is 0.726 e. The van der Waals surface area contributed by atoms with Gasteiger partial charge in [-0.3, -0.25) is 4.18 Å². The van der Waals surface area contributed by atoms with Gasteiger partial charge < -0.3 is 9.66 Å². The minimum Gasteiger partial charge on any atom is -0.726 e. The van der Waals surface area contributed by atoms with Crippen LogP contribution in [0.25, 0.3) is 0 Å². The quantitative estimate of drug-likeness (QED) is 0.0861. The Balaban J connectivity index is 0.00000135. The highest BCUT2D eigenvalue weighted by Crippen LogP contribution is 2.14. The summed E-state index contributed by atoms with van der Waals surface area (Å²) in [6, 6.07) is 0. The lowest BCUT2D eigenvalue weighted by molar-refractivity contribution is -0.837. The summed E-state index contributed by atoms with van der Waals surface area (Å²) in [5.74, 6) is 1.48. The van der Waals surface area contributed by atoms with Gasteiger partial charge in [-0.1, -0.05) is 70.4 Å². The van der Waals surface area contributed by atoms with Crippen molar-refractivity contribution in [1.82, 2.24) is 0 Å². The van der Waals surface area contributed by atoms with Crippen molar-refractivity contribution < 1.29 is 31.7 Å². The number of aliphatic hydroxyl groups excluding tert-OH is 1. The Kier molecular flexibility index (Phi) is 21.0. The van der Waals surface area contributed by atoms with Gasteiger partial charge in [-0.2, -0.15) is 4.99 Å². The van der Waals surface area contributed by atoms with E-state index in [2.05, 4.69) is 35.2 Å². The van der Waals surface area contributed by atoms with Crippen molar-refractivity contribution in [3.05, 3.63) is 12.2 Å². The minimum atomic E-state index is -4.42. The van der Waals surface area contributed by atoms with Crippen molar-refractivity contribution in [2.24, 2.45) is 0 Å². The second-order valence-electron chi connectivity index (χ2n) is 9.15. The lowest BCUT2D eigenvalue weighted by Gasteiger charge is -2.28. The number of aliphatic hydroxyl groups is 1. The Hall–Kier alpha value is -0.800. The fourth-order valence-corrected chi connectivity index (χ4v) is 4.78. The molecule has 2 N–H and O–H groups in total. The van der Waals surface area contributed by atoms with E-state index in [4.69, 9.17) is 0 Å². The van der Waals surface area contributed by atoms with Crippen LogP contribution in [0.4, 0.5) is 0 Å². The van der Waals surface area contributed by atoms with Gasteiger partial charge in [0, 0.05) is 0 Å². The number of nitrogens with one attached hydrogen (secondary N) is 1. The van der Waals surface area contributed by atoms with Gasteiger partial charge in [-0.05, 0) is 46.0 Å². The predicted octanol–water partition coefficient (Wildman–Crippen LogP) is 3.83. The van der Waals surface area contributed by atoms with Gasteiger partial charge in [0.15, 0.2) is 6.54 Å². The van der Waals surface area contributed by atoms with Crippen molar-refractivity contribution in [2.45, 2.75) is 111 Å². The zero-order valence-electron chi connectivity index (χ0n) is 22.2. The molecule has 1 unspecified atom stereocenters. The molecule has 1 atom stereocenters. The summed E-state index contributed by atoms with van der Waals surface area (Å²) < 4.78 is 33.0. The van der Waals surface area contributed by atoms with Crippen LogP contribution in [0.3, 0.4) is 0 Å². The second kappa shape index (κ2) is 21.5. The van der Waals surface area contributed by atoms with Crippen LogP contribution in [0.2, 0.25) is 0 Å². The van der Waals surface area contributed by atoms with E-state index in [0.29, 0.717) is 6.61 Å². The maximum absolute atomic E-state index is 9.45. The Morgan fingerprint density at radius 2 is 1.50 bits per heavy atom. The van der Waals surface area contributed by atoms with Crippen molar-refractivity contribution in [3.63, 3.8) is 0 Å². The molecule has 0 aromatic heterocycles. The third kappa shape index (κ3) is 17.6. The van der Waals surface area contributed by atoms with Gasteiger partial charge in [0.25, 0.3) is 0 Å². The van der Waals surface area contributed by atoms with Crippen LogP contribution in [0.5, 0.6) is 0 Å². The SMILES string of the molecule is CCCCCCCC/C=C/CCCCCCCC1=[NH+]CC[N+]1(CC)CCO.CCOS(=O)(=O)[O-]. The van der Waals surface area contributed by atoms with E-state index in [9.17, 15) is 18.1 Å². The van der Waals surface area contributed by atoms with Crippen LogP contribution < -0.4 is 4.99 Å². The number of quaternary nitrogens is 1. The highest BCUT2D eigenvalue weighted by Gasteiger charge is 2.40. The van der Waals surface area contributed by atoms with Gasteiger partial charge in [0.1, 0.15) is 13.1 Å². The van der Waals surface area contributed by atoms with Crippen molar-refractivity contribution in [3.8, 4) is 0 Å². The summed E-state index contributed by atoms with van der Waals surface area (Å²) >= 11 is 0. The van der Waals surface area contributed by atoms with Crippen LogP contribution in [-0.2, 0) is 14.6 Å². The Labute approximate surface area is 210 Å². The molecule has 1 aliphatic rings. The molecule has 8 heteroatoms. The van der Waals surface area contributed by atoms with Crippen LogP contribution in [0.1, 0.15) is 111 Å². The molecule has 1 aliphatic heterocycles. The van der Waals surface area contributed by atoms with E-state index < -0.39 is 10.4 Å². The highest BCUT2D eigenvalue weighted by atomic mass is 32.3.